The first-order valence-corrected chi connectivity index (χ1v) is 6.99. The molecule has 2 rings (SSSR count). The molecule has 0 saturated heterocycles. The van der Waals surface area contributed by atoms with E-state index in [0.717, 1.165) is 4.47 Å². The van der Waals surface area contributed by atoms with Crippen LogP contribution >= 0.6 is 27.5 Å². The highest BCUT2D eigenvalue weighted by Gasteiger charge is 2.15. The second-order valence-corrected chi connectivity index (χ2v) is 5.53. The van der Waals surface area contributed by atoms with Gasteiger partial charge in [0.1, 0.15) is 11.6 Å². The fraction of sp³-hybridized carbons (Fsp3) is 0.133. The molecule has 0 radical (unpaired) electrons. The predicted molar refractivity (Wildman–Crippen MR) is 80.1 cm³/mol. The molecular formula is C15H11BrClFO2. The van der Waals surface area contributed by atoms with E-state index in [9.17, 15) is 9.18 Å². The number of ketones is 1. The Balaban J connectivity index is 2.28. The van der Waals surface area contributed by atoms with E-state index in [1.54, 1.807) is 24.3 Å². The number of carbonyl (C=O) groups is 1. The summed E-state index contributed by atoms with van der Waals surface area (Å²) in [4.78, 5) is 12.2. The molecule has 2 aromatic rings. The molecule has 0 aliphatic rings. The van der Waals surface area contributed by atoms with Gasteiger partial charge in [-0.25, -0.2) is 4.39 Å². The Morgan fingerprint density at radius 3 is 2.70 bits per heavy atom. The van der Waals surface area contributed by atoms with Crippen molar-refractivity contribution in [1.82, 2.24) is 0 Å². The lowest BCUT2D eigenvalue weighted by molar-refractivity contribution is 0.0989. The molecule has 0 aliphatic carbocycles. The van der Waals surface area contributed by atoms with Gasteiger partial charge >= 0.3 is 0 Å². The lowest BCUT2D eigenvalue weighted by atomic mass is 10.0. The van der Waals surface area contributed by atoms with Crippen LogP contribution in [0.25, 0.3) is 0 Å². The smallest absolute Gasteiger partial charge is 0.171 e. The van der Waals surface area contributed by atoms with Crippen molar-refractivity contribution in [3.05, 3.63) is 62.8 Å². The molecule has 0 unspecified atom stereocenters. The number of hydrogen-bond donors (Lipinski definition) is 0. The molecule has 0 N–H and O–H groups in total. The molecule has 5 heteroatoms. The van der Waals surface area contributed by atoms with E-state index >= 15 is 0 Å². The van der Waals surface area contributed by atoms with E-state index in [1.165, 1.54) is 19.2 Å². The van der Waals surface area contributed by atoms with Crippen molar-refractivity contribution in [3.63, 3.8) is 0 Å². The SMILES string of the molecule is COc1cc(Br)ccc1C(=O)Cc1ccc(Cl)cc1F. The van der Waals surface area contributed by atoms with Crippen LogP contribution in [0.3, 0.4) is 0 Å². The third-order valence-corrected chi connectivity index (χ3v) is 3.56. The standard InChI is InChI=1S/C15H11BrClFO2/c1-20-15-7-10(16)3-5-12(15)14(19)6-9-2-4-11(17)8-13(9)18/h2-5,7-8H,6H2,1H3. The molecule has 0 amide bonds. The zero-order valence-electron chi connectivity index (χ0n) is 10.6. The van der Waals surface area contributed by atoms with Crippen molar-refractivity contribution in [2.45, 2.75) is 6.42 Å². The van der Waals surface area contributed by atoms with Gasteiger partial charge in [0.2, 0.25) is 0 Å². The third kappa shape index (κ3) is 3.38. The Kier molecular flexibility index (Phi) is 4.78. The van der Waals surface area contributed by atoms with Crippen molar-refractivity contribution >= 4 is 33.3 Å². The van der Waals surface area contributed by atoms with Crippen LogP contribution in [0.15, 0.2) is 40.9 Å². The van der Waals surface area contributed by atoms with E-state index in [-0.39, 0.29) is 12.2 Å². The largest absolute Gasteiger partial charge is 0.496 e. The van der Waals surface area contributed by atoms with Crippen LogP contribution in [-0.2, 0) is 6.42 Å². The van der Waals surface area contributed by atoms with Crippen molar-refractivity contribution < 1.29 is 13.9 Å². The molecule has 0 aromatic heterocycles. The number of benzene rings is 2. The van der Waals surface area contributed by atoms with Gasteiger partial charge in [0.25, 0.3) is 0 Å². The van der Waals surface area contributed by atoms with E-state index in [4.69, 9.17) is 16.3 Å². The molecule has 2 nitrogen and oxygen atoms in total. The number of halogens is 3. The zero-order chi connectivity index (χ0) is 14.7. The molecule has 104 valence electrons. The average Bonchev–Trinajstić information content (AvgIpc) is 2.41. The second kappa shape index (κ2) is 6.37. The van der Waals surface area contributed by atoms with Crippen LogP contribution in [0.1, 0.15) is 15.9 Å². The molecular weight excluding hydrogens is 347 g/mol. The summed E-state index contributed by atoms with van der Waals surface area (Å²) in [5.41, 5.74) is 0.731. The molecule has 0 bridgehead atoms. The van der Waals surface area contributed by atoms with Gasteiger partial charge in [-0.05, 0) is 35.9 Å². The van der Waals surface area contributed by atoms with Gasteiger partial charge in [-0.3, -0.25) is 4.79 Å². The summed E-state index contributed by atoms with van der Waals surface area (Å²) in [5.74, 6) is -0.240. The minimum absolute atomic E-state index is 0.0407. The summed E-state index contributed by atoms with van der Waals surface area (Å²) in [5, 5.41) is 0.305. The maximum absolute atomic E-state index is 13.7. The molecule has 0 atom stereocenters. The summed E-state index contributed by atoms with van der Waals surface area (Å²) in [6.45, 7) is 0. The van der Waals surface area contributed by atoms with Crippen molar-refractivity contribution in [3.8, 4) is 5.75 Å². The number of Topliss-reactive ketones (excluding diaryl/α,β-unsaturated/α-hetero) is 1. The molecule has 2 aromatic carbocycles. The van der Waals surface area contributed by atoms with Crippen LogP contribution in [0.2, 0.25) is 5.02 Å². The summed E-state index contributed by atoms with van der Waals surface area (Å²) in [7, 11) is 1.49. The van der Waals surface area contributed by atoms with Gasteiger partial charge in [0.05, 0.1) is 12.7 Å². The first-order valence-electron chi connectivity index (χ1n) is 5.82. The van der Waals surface area contributed by atoms with E-state index in [0.29, 0.717) is 21.9 Å². The number of ether oxygens (including phenoxy) is 1. The van der Waals surface area contributed by atoms with E-state index in [2.05, 4.69) is 15.9 Å². The highest BCUT2D eigenvalue weighted by Crippen LogP contribution is 2.25. The molecule has 0 saturated carbocycles. The minimum Gasteiger partial charge on any atom is -0.496 e. The summed E-state index contributed by atoms with van der Waals surface area (Å²) < 4.78 is 19.7. The molecule has 20 heavy (non-hydrogen) atoms. The second-order valence-electron chi connectivity index (χ2n) is 4.18. The molecule has 0 aliphatic heterocycles. The summed E-state index contributed by atoms with van der Waals surface area (Å²) >= 11 is 8.99. The van der Waals surface area contributed by atoms with Crippen LogP contribution in [0, 0.1) is 5.82 Å². The zero-order valence-corrected chi connectivity index (χ0v) is 13.0. The average molecular weight is 358 g/mol. The molecule has 0 spiro atoms. The molecule has 0 heterocycles. The lowest BCUT2D eigenvalue weighted by Crippen LogP contribution is -2.07. The summed E-state index contributed by atoms with van der Waals surface area (Å²) in [6, 6.07) is 9.37. The Morgan fingerprint density at radius 2 is 2.05 bits per heavy atom. The fourth-order valence-corrected chi connectivity index (χ4v) is 2.33. The van der Waals surface area contributed by atoms with Crippen LogP contribution in [0.4, 0.5) is 4.39 Å². The van der Waals surface area contributed by atoms with Gasteiger partial charge in [-0.2, -0.15) is 0 Å². The van der Waals surface area contributed by atoms with Gasteiger partial charge in [0, 0.05) is 15.9 Å². The first kappa shape index (κ1) is 15.0. The fourth-order valence-electron chi connectivity index (χ4n) is 1.83. The number of carbonyl (C=O) groups excluding carboxylic acids is 1. The number of methoxy groups -OCH3 is 1. The van der Waals surface area contributed by atoms with E-state index < -0.39 is 5.82 Å². The monoisotopic (exact) mass is 356 g/mol. The topological polar surface area (TPSA) is 26.3 Å². The number of hydrogen-bond acceptors (Lipinski definition) is 2. The highest BCUT2D eigenvalue weighted by molar-refractivity contribution is 9.10. The van der Waals surface area contributed by atoms with Crippen molar-refractivity contribution in [2.75, 3.05) is 7.11 Å². The summed E-state index contributed by atoms with van der Waals surface area (Å²) in [6.07, 6.45) is -0.0407. The van der Waals surface area contributed by atoms with E-state index in [1.807, 2.05) is 0 Å². The van der Waals surface area contributed by atoms with Crippen molar-refractivity contribution in [1.29, 1.82) is 0 Å². The normalized spacial score (nSPS) is 10.4. The van der Waals surface area contributed by atoms with Crippen LogP contribution < -0.4 is 4.74 Å². The van der Waals surface area contributed by atoms with Crippen LogP contribution in [-0.4, -0.2) is 12.9 Å². The highest BCUT2D eigenvalue weighted by atomic mass is 79.9. The van der Waals surface area contributed by atoms with Gasteiger partial charge in [0.15, 0.2) is 5.78 Å². The maximum Gasteiger partial charge on any atom is 0.171 e. The van der Waals surface area contributed by atoms with Gasteiger partial charge in [-0.1, -0.05) is 33.6 Å². The number of rotatable bonds is 4. The Bertz CT molecular complexity index is 658. The first-order chi connectivity index (χ1) is 9.51. The minimum atomic E-state index is -0.484. The van der Waals surface area contributed by atoms with Gasteiger partial charge < -0.3 is 4.74 Å². The Labute approximate surface area is 129 Å². The lowest BCUT2D eigenvalue weighted by Gasteiger charge is -2.09. The molecule has 0 fully saturated rings. The third-order valence-electron chi connectivity index (χ3n) is 2.83. The quantitative estimate of drug-likeness (QED) is 0.743. The van der Waals surface area contributed by atoms with Crippen LogP contribution in [0.5, 0.6) is 5.75 Å². The maximum atomic E-state index is 13.7. The van der Waals surface area contributed by atoms with Gasteiger partial charge in [-0.15, -0.1) is 0 Å². The Hall–Kier alpha value is -1.39. The van der Waals surface area contributed by atoms with Crippen molar-refractivity contribution in [2.24, 2.45) is 0 Å². The Morgan fingerprint density at radius 1 is 1.30 bits per heavy atom. The predicted octanol–water partition coefficient (Wildman–Crippen LogP) is 4.68.